The second kappa shape index (κ2) is 21.7. The molecule has 0 aliphatic carbocycles. The molecule has 256 valence electrons. The number of hydrogen-bond donors (Lipinski definition) is 3. The number of carbonyl (C=O) groups is 1. The molecule has 0 aromatic carbocycles. The van der Waals surface area contributed by atoms with Crippen LogP contribution in [0.3, 0.4) is 0 Å². The predicted octanol–water partition coefficient (Wildman–Crippen LogP) is 7.86. The van der Waals surface area contributed by atoms with E-state index < -0.39 is 18.3 Å². The molecule has 3 aliphatic rings. The van der Waals surface area contributed by atoms with Crippen molar-refractivity contribution in [2.45, 2.75) is 217 Å². The molecule has 0 spiro atoms. The minimum Gasteiger partial charge on any atom is -0.455 e. The maximum absolute atomic E-state index is 11.7. The van der Waals surface area contributed by atoms with E-state index in [9.17, 15) is 20.1 Å². The first-order valence-electron chi connectivity index (χ1n) is 18.6. The Bertz CT molecular complexity index is 801. The Kier molecular flexibility index (Phi) is 18.5. The van der Waals surface area contributed by atoms with Crippen LogP contribution in [0.5, 0.6) is 0 Å². The van der Waals surface area contributed by atoms with Crippen LogP contribution in [-0.2, 0) is 19.0 Å². The normalized spacial score (nSPS) is 27.4. The maximum atomic E-state index is 11.7. The number of cyclic esters (lactones) is 1. The highest BCUT2D eigenvalue weighted by atomic mass is 16.5. The van der Waals surface area contributed by atoms with Crippen molar-refractivity contribution in [2.75, 3.05) is 0 Å². The highest BCUT2D eigenvalue weighted by Gasteiger charge is 2.36. The van der Waals surface area contributed by atoms with Crippen molar-refractivity contribution in [1.29, 1.82) is 0 Å². The van der Waals surface area contributed by atoms with Gasteiger partial charge in [0.25, 0.3) is 0 Å². The Labute approximate surface area is 268 Å². The fourth-order valence-corrected chi connectivity index (χ4v) is 7.26. The fourth-order valence-electron chi connectivity index (χ4n) is 7.26. The molecular formula is C37H66O7. The number of aliphatic hydroxyl groups excluding tert-OH is 3. The lowest BCUT2D eigenvalue weighted by molar-refractivity contribution is -0.139. The van der Waals surface area contributed by atoms with E-state index in [0.717, 1.165) is 82.6 Å². The zero-order chi connectivity index (χ0) is 31.6. The largest absolute Gasteiger partial charge is 0.455 e. The van der Waals surface area contributed by atoms with Crippen LogP contribution < -0.4 is 0 Å². The number of hydrogen-bond acceptors (Lipinski definition) is 7. The number of aliphatic hydroxyl groups is 3. The Morgan fingerprint density at radius 1 is 0.659 bits per heavy atom. The van der Waals surface area contributed by atoms with Gasteiger partial charge in [0.1, 0.15) is 6.10 Å². The maximum Gasteiger partial charge on any atom is 0.334 e. The van der Waals surface area contributed by atoms with Gasteiger partial charge in [0.05, 0.1) is 42.7 Å². The molecule has 3 rings (SSSR count). The molecule has 2 fully saturated rings. The van der Waals surface area contributed by atoms with Crippen molar-refractivity contribution in [3.05, 3.63) is 11.6 Å². The second-order valence-electron chi connectivity index (χ2n) is 14.0. The van der Waals surface area contributed by atoms with Crippen LogP contribution in [-0.4, -0.2) is 70.1 Å². The van der Waals surface area contributed by atoms with Gasteiger partial charge in [-0.15, -0.1) is 0 Å². The third-order valence-corrected chi connectivity index (χ3v) is 10.1. The Morgan fingerprint density at radius 3 is 1.75 bits per heavy atom. The van der Waals surface area contributed by atoms with Gasteiger partial charge in [-0.3, -0.25) is 0 Å². The van der Waals surface area contributed by atoms with Crippen molar-refractivity contribution < 1.29 is 34.3 Å². The van der Waals surface area contributed by atoms with Crippen LogP contribution in [0.25, 0.3) is 0 Å². The summed E-state index contributed by atoms with van der Waals surface area (Å²) in [5, 5.41) is 32.2. The first-order valence-corrected chi connectivity index (χ1v) is 18.6. The molecule has 0 amide bonds. The van der Waals surface area contributed by atoms with Gasteiger partial charge in [-0.05, 0) is 77.2 Å². The van der Waals surface area contributed by atoms with Crippen molar-refractivity contribution in [2.24, 2.45) is 0 Å². The van der Waals surface area contributed by atoms with Crippen LogP contribution in [0, 0.1) is 0 Å². The number of ether oxygens (including phenoxy) is 3. The summed E-state index contributed by atoms with van der Waals surface area (Å²) in [4.78, 5) is 11.7. The monoisotopic (exact) mass is 622 g/mol. The molecule has 2 saturated heterocycles. The Balaban J connectivity index is 1.16. The van der Waals surface area contributed by atoms with E-state index in [1.807, 2.05) is 13.0 Å². The van der Waals surface area contributed by atoms with E-state index >= 15 is 0 Å². The quantitative estimate of drug-likeness (QED) is 0.0703. The van der Waals surface area contributed by atoms with E-state index in [2.05, 4.69) is 6.92 Å². The average molecular weight is 623 g/mol. The smallest absolute Gasteiger partial charge is 0.334 e. The zero-order valence-corrected chi connectivity index (χ0v) is 28.1. The van der Waals surface area contributed by atoms with Crippen molar-refractivity contribution in [1.82, 2.24) is 0 Å². The molecule has 0 radical (unpaired) electrons. The highest BCUT2D eigenvalue weighted by Crippen LogP contribution is 2.31. The molecule has 3 aliphatic heterocycles. The molecule has 0 saturated carbocycles. The van der Waals surface area contributed by atoms with E-state index in [-0.39, 0.29) is 36.5 Å². The molecule has 3 heterocycles. The topological polar surface area (TPSA) is 105 Å². The third-order valence-electron chi connectivity index (χ3n) is 10.1. The average Bonchev–Trinajstić information content (AvgIpc) is 3.76. The summed E-state index contributed by atoms with van der Waals surface area (Å²) in [6, 6.07) is 0. The van der Waals surface area contributed by atoms with Crippen LogP contribution in [0.2, 0.25) is 0 Å². The van der Waals surface area contributed by atoms with Gasteiger partial charge in [0.15, 0.2) is 0 Å². The third kappa shape index (κ3) is 14.2. The van der Waals surface area contributed by atoms with E-state index in [1.165, 1.54) is 64.2 Å². The van der Waals surface area contributed by atoms with E-state index in [1.54, 1.807) is 0 Å². The van der Waals surface area contributed by atoms with Gasteiger partial charge in [0.2, 0.25) is 0 Å². The van der Waals surface area contributed by atoms with E-state index in [0.29, 0.717) is 12.8 Å². The summed E-state index contributed by atoms with van der Waals surface area (Å²) in [6.45, 7) is 4.16. The van der Waals surface area contributed by atoms with Crippen LogP contribution in [0.4, 0.5) is 0 Å². The minimum atomic E-state index is -0.619. The van der Waals surface area contributed by atoms with Gasteiger partial charge in [-0.25, -0.2) is 4.79 Å². The number of esters is 1. The lowest BCUT2D eigenvalue weighted by Gasteiger charge is -2.24. The van der Waals surface area contributed by atoms with Gasteiger partial charge in [-0.2, -0.15) is 0 Å². The molecule has 0 aromatic heterocycles. The first-order chi connectivity index (χ1) is 21.4. The van der Waals surface area contributed by atoms with Crippen LogP contribution in [0.1, 0.15) is 168 Å². The lowest BCUT2D eigenvalue weighted by Crippen LogP contribution is -2.33. The van der Waals surface area contributed by atoms with Gasteiger partial charge < -0.3 is 29.5 Å². The molecule has 7 heteroatoms. The van der Waals surface area contributed by atoms with Gasteiger partial charge >= 0.3 is 5.97 Å². The molecule has 8 unspecified atom stereocenters. The molecule has 7 nitrogen and oxygen atoms in total. The van der Waals surface area contributed by atoms with Crippen LogP contribution in [0.15, 0.2) is 11.6 Å². The molecule has 44 heavy (non-hydrogen) atoms. The second-order valence-corrected chi connectivity index (χ2v) is 14.0. The summed E-state index contributed by atoms with van der Waals surface area (Å²) < 4.78 is 17.4. The van der Waals surface area contributed by atoms with Gasteiger partial charge in [-0.1, -0.05) is 96.8 Å². The van der Waals surface area contributed by atoms with Crippen molar-refractivity contribution >= 4 is 5.97 Å². The first kappa shape index (κ1) is 37.5. The number of rotatable bonds is 25. The number of carbonyl (C=O) groups excluding carboxylic acids is 1. The summed E-state index contributed by atoms with van der Waals surface area (Å²) in [5.74, 6) is -0.155. The minimum absolute atomic E-state index is 0.0835. The summed E-state index contributed by atoms with van der Waals surface area (Å²) >= 11 is 0. The molecule has 3 N–H and O–H groups in total. The SMILES string of the molecule is CCCCCCCCCCCCCC(O)C1CCC(C(O)CCC(O)C2CCC(CCCCCCC3=CC(C)OC3=O)O2)O1. The Hall–Kier alpha value is -0.990. The highest BCUT2D eigenvalue weighted by molar-refractivity contribution is 5.90. The van der Waals surface area contributed by atoms with Crippen molar-refractivity contribution in [3.8, 4) is 0 Å². The molecule has 0 aromatic rings. The van der Waals surface area contributed by atoms with Gasteiger partial charge in [0, 0.05) is 5.57 Å². The van der Waals surface area contributed by atoms with E-state index in [4.69, 9.17) is 14.2 Å². The fraction of sp³-hybridized carbons (Fsp3) is 0.919. The summed E-state index contributed by atoms with van der Waals surface area (Å²) in [7, 11) is 0. The number of unbranched alkanes of at least 4 members (excludes halogenated alkanes) is 13. The molecule has 8 atom stereocenters. The predicted molar refractivity (Wildman–Crippen MR) is 175 cm³/mol. The van der Waals surface area contributed by atoms with Crippen molar-refractivity contribution in [3.63, 3.8) is 0 Å². The van der Waals surface area contributed by atoms with Crippen LogP contribution >= 0.6 is 0 Å². The molecule has 0 bridgehead atoms. The molecular weight excluding hydrogens is 556 g/mol. The summed E-state index contributed by atoms with van der Waals surface area (Å²) in [6.07, 6.45) is 25.4. The standard InChI is InChI=1S/C37H66O7/c1-3-4-5-6-7-8-9-10-11-12-17-20-31(38)35-25-26-36(44-35)33(40)23-22-32(39)34-24-21-30(43-34)19-16-14-13-15-18-29-27-28(2)42-37(29)41/h27-28,30-36,38-40H,3-26H2,1-2H3. The Morgan fingerprint density at radius 2 is 1.16 bits per heavy atom. The zero-order valence-electron chi connectivity index (χ0n) is 28.1. The lowest BCUT2D eigenvalue weighted by atomic mass is 9.98. The summed E-state index contributed by atoms with van der Waals surface area (Å²) in [5.41, 5.74) is 0.824.